The number of sulfonamides is 1. The Morgan fingerprint density at radius 1 is 1.67 bits per heavy atom. The van der Waals surface area contributed by atoms with Gasteiger partial charge in [0.1, 0.15) is 4.90 Å². The van der Waals surface area contributed by atoms with Crippen LogP contribution in [0.1, 0.15) is 6.42 Å². The van der Waals surface area contributed by atoms with Crippen molar-refractivity contribution >= 4 is 10.0 Å². The van der Waals surface area contributed by atoms with Crippen LogP contribution in [0.5, 0.6) is 0 Å². The minimum atomic E-state index is -3.42. The van der Waals surface area contributed by atoms with E-state index in [1.807, 2.05) is 0 Å². The summed E-state index contributed by atoms with van der Waals surface area (Å²) in [5, 5.41) is 6.13. The summed E-state index contributed by atoms with van der Waals surface area (Å²) in [6.45, 7) is 1.09. The number of hydrogen-bond acceptors (Lipinski definition) is 4. The first-order valence-corrected chi connectivity index (χ1v) is 6.11. The van der Waals surface area contributed by atoms with Crippen molar-refractivity contribution in [3.8, 4) is 0 Å². The van der Waals surface area contributed by atoms with Gasteiger partial charge in [-0.15, -0.1) is 0 Å². The fourth-order valence-electron chi connectivity index (χ4n) is 1.55. The van der Waals surface area contributed by atoms with E-state index in [-0.39, 0.29) is 10.9 Å². The van der Waals surface area contributed by atoms with Gasteiger partial charge in [0.25, 0.3) is 0 Å². The zero-order chi connectivity index (χ0) is 10.9. The minimum Gasteiger partial charge on any atom is -0.380 e. The lowest BCUT2D eigenvalue weighted by Gasteiger charge is -2.21. The van der Waals surface area contributed by atoms with Crippen LogP contribution in [0.2, 0.25) is 0 Å². The van der Waals surface area contributed by atoms with E-state index >= 15 is 0 Å². The van der Waals surface area contributed by atoms with E-state index in [1.165, 1.54) is 16.7 Å². The predicted molar refractivity (Wildman–Crippen MR) is 52.8 cm³/mol. The average Bonchev–Trinajstić information content (AvgIpc) is 2.89. The summed E-state index contributed by atoms with van der Waals surface area (Å²) in [6, 6.07) is -0.0649. The van der Waals surface area contributed by atoms with E-state index in [1.54, 1.807) is 7.05 Å². The molecule has 2 rings (SSSR count). The van der Waals surface area contributed by atoms with Crippen LogP contribution in [0.3, 0.4) is 0 Å². The van der Waals surface area contributed by atoms with Gasteiger partial charge in [-0.25, -0.2) is 8.42 Å². The fraction of sp³-hybridized carbons (Fsp3) is 0.625. The summed E-state index contributed by atoms with van der Waals surface area (Å²) in [4.78, 5) is 0.192. The molecule has 84 valence electrons. The molecule has 1 aromatic heterocycles. The van der Waals surface area contributed by atoms with Crippen LogP contribution < -0.4 is 0 Å². The summed E-state index contributed by atoms with van der Waals surface area (Å²) in [5.41, 5.74) is 0. The zero-order valence-corrected chi connectivity index (χ0v) is 9.20. The SMILES string of the molecule is CN(C1CCOC1)S(=O)(=O)c1cn[nH]c1. The van der Waals surface area contributed by atoms with Gasteiger partial charge in [-0.2, -0.15) is 9.40 Å². The largest absolute Gasteiger partial charge is 0.380 e. The van der Waals surface area contributed by atoms with E-state index in [2.05, 4.69) is 10.2 Å². The Labute approximate surface area is 88.3 Å². The smallest absolute Gasteiger partial charge is 0.246 e. The monoisotopic (exact) mass is 231 g/mol. The molecule has 1 fully saturated rings. The van der Waals surface area contributed by atoms with Gasteiger partial charge < -0.3 is 4.74 Å². The standard InChI is InChI=1S/C8H13N3O3S/c1-11(7-2-3-14-6-7)15(12,13)8-4-9-10-5-8/h4-5,7H,2-3,6H2,1H3,(H,9,10). The average molecular weight is 231 g/mol. The van der Waals surface area contributed by atoms with E-state index in [0.29, 0.717) is 13.2 Å². The van der Waals surface area contributed by atoms with Crippen molar-refractivity contribution < 1.29 is 13.2 Å². The van der Waals surface area contributed by atoms with Gasteiger partial charge in [-0.3, -0.25) is 5.10 Å². The van der Waals surface area contributed by atoms with Gasteiger partial charge in [0, 0.05) is 19.9 Å². The van der Waals surface area contributed by atoms with Gasteiger partial charge in [-0.1, -0.05) is 0 Å². The molecule has 1 aliphatic rings. The summed E-state index contributed by atoms with van der Waals surface area (Å²) in [7, 11) is -1.85. The minimum absolute atomic E-state index is 0.0649. The summed E-state index contributed by atoms with van der Waals surface area (Å²) in [6.07, 6.45) is 3.43. The molecule has 2 heterocycles. The van der Waals surface area contributed by atoms with Crippen LogP contribution in [-0.4, -0.2) is 49.2 Å². The van der Waals surface area contributed by atoms with E-state index < -0.39 is 10.0 Å². The van der Waals surface area contributed by atoms with Crippen LogP contribution >= 0.6 is 0 Å². The third-order valence-corrected chi connectivity index (χ3v) is 4.45. The molecule has 1 aromatic rings. The number of nitrogens with zero attached hydrogens (tertiary/aromatic N) is 2. The maximum Gasteiger partial charge on any atom is 0.246 e. The summed E-state index contributed by atoms with van der Waals surface area (Å²) >= 11 is 0. The molecule has 0 aromatic carbocycles. The number of aromatic nitrogens is 2. The number of H-pyrrole nitrogens is 1. The summed E-state index contributed by atoms with van der Waals surface area (Å²) < 4.78 is 30.5. The fourth-order valence-corrected chi connectivity index (χ4v) is 2.83. The van der Waals surface area contributed by atoms with Crippen molar-refractivity contribution in [2.24, 2.45) is 0 Å². The molecule has 0 spiro atoms. The Kier molecular flexibility index (Phi) is 2.76. The van der Waals surface area contributed by atoms with E-state index in [9.17, 15) is 8.42 Å². The van der Waals surface area contributed by atoms with Crippen molar-refractivity contribution in [3.05, 3.63) is 12.4 Å². The van der Waals surface area contributed by atoms with Crippen molar-refractivity contribution in [2.75, 3.05) is 20.3 Å². The highest BCUT2D eigenvalue weighted by Gasteiger charge is 2.30. The van der Waals surface area contributed by atoms with Crippen LogP contribution in [-0.2, 0) is 14.8 Å². The van der Waals surface area contributed by atoms with Crippen LogP contribution in [0, 0.1) is 0 Å². The Morgan fingerprint density at radius 3 is 3.00 bits per heavy atom. The number of rotatable bonds is 3. The normalized spacial score (nSPS) is 22.4. The molecule has 1 atom stereocenters. The van der Waals surface area contributed by atoms with Crippen LogP contribution in [0.4, 0.5) is 0 Å². The second-order valence-electron chi connectivity index (χ2n) is 3.47. The molecule has 1 aliphatic heterocycles. The maximum atomic E-state index is 12.0. The second kappa shape index (κ2) is 3.92. The zero-order valence-electron chi connectivity index (χ0n) is 8.38. The number of nitrogens with one attached hydrogen (secondary N) is 1. The van der Waals surface area contributed by atoms with Gasteiger partial charge in [0.2, 0.25) is 10.0 Å². The highest BCUT2D eigenvalue weighted by atomic mass is 32.2. The predicted octanol–water partition coefficient (Wildman–Crippen LogP) is -0.181. The third-order valence-electron chi connectivity index (χ3n) is 2.57. The first-order chi connectivity index (χ1) is 7.12. The lowest BCUT2D eigenvalue weighted by molar-refractivity contribution is 0.181. The highest BCUT2D eigenvalue weighted by molar-refractivity contribution is 7.89. The quantitative estimate of drug-likeness (QED) is 0.783. The molecule has 0 amide bonds. The molecular formula is C8H13N3O3S. The number of likely N-dealkylation sites (N-methyl/N-ethyl adjacent to an activating group) is 1. The molecule has 1 unspecified atom stereocenters. The molecule has 1 saturated heterocycles. The molecule has 0 radical (unpaired) electrons. The van der Waals surface area contributed by atoms with Crippen LogP contribution in [0.25, 0.3) is 0 Å². The first-order valence-electron chi connectivity index (χ1n) is 4.67. The first kappa shape index (κ1) is 10.6. The van der Waals surface area contributed by atoms with Crippen molar-refractivity contribution in [1.29, 1.82) is 0 Å². The topological polar surface area (TPSA) is 75.3 Å². The Bertz CT molecular complexity index is 408. The Hall–Kier alpha value is -0.920. The molecule has 7 heteroatoms. The molecule has 1 N–H and O–H groups in total. The lowest BCUT2D eigenvalue weighted by Crippen LogP contribution is -2.37. The highest BCUT2D eigenvalue weighted by Crippen LogP contribution is 2.19. The molecular weight excluding hydrogens is 218 g/mol. The second-order valence-corrected chi connectivity index (χ2v) is 5.47. The van der Waals surface area contributed by atoms with E-state index in [0.717, 1.165) is 6.42 Å². The van der Waals surface area contributed by atoms with Crippen molar-refractivity contribution in [2.45, 2.75) is 17.4 Å². The molecule has 0 aliphatic carbocycles. The molecule has 0 saturated carbocycles. The van der Waals surface area contributed by atoms with E-state index in [4.69, 9.17) is 4.74 Å². The molecule has 0 bridgehead atoms. The summed E-state index contributed by atoms with van der Waals surface area (Å²) in [5.74, 6) is 0. The Morgan fingerprint density at radius 2 is 2.47 bits per heavy atom. The van der Waals surface area contributed by atoms with Gasteiger partial charge >= 0.3 is 0 Å². The number of hydrogen-bond donors (Lipinski definition) is 1. The maximum absolute atomic E-state index is 12.0. The van der Waals surface area contributed by atoms with Crippen molar-refractivity contribution in [3.63, 3.8) is 0 Å². The van der Waals surface area contributed by atoms with Gasteiger partial charge in [-0.05, 0) is 6.42 Å². The van der Waals surface area contributed by atoms with Crippen LogP contribution in [0.15, 0.2) is 17.3 Å². The Balaban J connectivity index is 2.22. The van der Waals surface area contributed by atoms with Gasteiger partial charge in [0.05, 0.1) is 18.8 Å². The number of aromatic amines is 1. The van der Waals surface area contributed by atoms with Crippen molar-refractivity contribution in [1.82, 2.24) is 14.5 Å². The van der Waals surface area contributed by atoms with Gasteiger partial charge in [0.15, 0.2) is 0 Å². The molecule has 6 nitrogen and oxygen atoms in total. The molecule has 15 heavy (non-hydrogen) atoms. The number of ether oxygens (including phenoxy) is 1. The third kappa shape index (κ3) is 1.90. The lowest BCUT2D eigenvalue weighted by atomic mass is 10.3.